The van der Waals surface area contributed by atoms with Gasteiger partial charge in [0.15, 0.2) is 0 Å². The lowest BCUT2D eigenvalue weighted by Gasteiger charge is -2.34. The van der Waals surface area contributed by atoms with Crippen molar-refractivity contribution >= 4 is 11.8 Å². The molecule has 1 aromatic rings. The van der Waals surface area contributed by atoms with Gasteiger partial charge in [-0.2, -0.15) is 13.2 Å². The summed E-state index contributed by atoms with van der Waals surface area (Å²) in [6.07, 6.45) is -2.14. The quantitative estimate of drug-likeness (QED) is 0.868. The molecule has 3 rings (SSSR count). The second-order valence-corrected chi connectivity index (χ2v) is 7.26. The van der Waals surface area contributed by atoms with E-state index in [1.165, 1.54) is 12.0 Å². The number of hydrogen-bond acceptors (Lipinski definition) is 3. The molecule has 1 aliphatic carbocycles. The third-order valence-corrected chi connectivity index (χ3v) is 5.77. The summed E-state index contributed by atoms with van der Waals surface area (Å²) in [5.41, 5.74) is -0.313. The molecule has 8 heteroatoms. The highest BCUT2D eigenvalue weighted by molar-refractivity contribution is 5.97. The highest BCUT2D eigenvalue weighted by atomic mass is 19.4. The Hall–Kier alpha value is -2.25. The van der Waals surface area contributed by atoms with E-state index >= 15 is 0 Å². The lowest BCUT2D eigenvalue weighted by atomic mass is 9.92. The molecule has 27 heavy (non-hydrogen) atoms. The van der Waals surface area contributed by atoms with E-state index in [0.29, 0.717) is 30.6 Å². The average molecular weight is 384 g/mol. The summed E-state index contributed by atoms with van der Waals surface area (Å²) in [4.78, 5) is 26.5. The largest absolute Gasteiger partial charge is 0.496 e. The molecule has 3 atom stereocenters. The number of fused-ring (bicyclic) bond motifs is 1. The van der Waals surface area contributed by atoms with Crippen LogP contribution in [0.25, 0.3) is 0 Å². The molecular formula is C19H23F3N2O3. The molecule has 1 saturated carbocycles. The second-order valence-electron chi connectivity index (χ2n) is 7.26. The standard InChI is InChI=1S/C19H23F3N2O3/c1-12(19(20,21)22)17(26)24-11-10-18(9-5-8-15(18)24)23-16(25)13-6-3-4-7-14(13)27-2/h3-4,6-7,12,15H,5,8-11H2,1-2H3,(H,23,25). The Morgan fingerprint density at radius 1 is 1.30 bits per heavy atom. The number of halogens is 3. The van der Waals surface area contributed by atoms with Gasteiger partial charge in [-0.05, 0) is 44.7 Å². The van der Waals surface area contributed by atoms with E-state index in [2.05, 4.69) is 5.32 Å². The summed E-state index contributed by atoms with van der Waals surface area (Å²) in [6.45, 7) is 1.11. The first-order chi connectivity index (χ1) is 12.7. The summed E-state index contributed by atoms with van der Waals surface area (Å²) < 4.78 is 44.1. The maximum absolute atomic E-state index is 13.0. The Labute approximate surface area is 155 Å². The number of para-hydroxylation sites is 1. The van der Waals surface area contributed by atoms with Gasteiger partial charge >= 0.3 is 6.18 Å². The fraction of sp³-hybridized carbons (Fsp3) is 0.579. The number of nitrogens with zero attached hydrogens (tertiary/aromatic N) is 1. The van der Waals surface area contributed by atoms with Crippen LogP contribution < -0.4 is 10.1 Å². The molecule has 5 nitrogen and oxygen atoms in total. The minimum absolute atomic E-state index is 0.218. The van der Waals surface area contributed by atoms with Crippen LogP contribution in [0, 0.1) is 5.92 Å². The SMILES string of the molecule is COc1ccccc1C(=O)NC12CCCC1N(C(=O)C(C)C(F)(F)F)CC2. The lowest BCUT2D eigenvalue weighted by Crippen LogP contribution is -2.55. The monoisotopic (exact) mass is 384 g/mol. The summed E-state index contributed by atoms with van der Waals surface area (Å²) in [5.74, 6) is -2.86. The normalized spacial score (nSPS) is 25.8. The molecule has 1 aliphatic heterocycles. The third kappa shape index (κ3) is 3.49. The smallest absolute Gasteiger partial charge is 0.400 e. The Kier molecular flexibility index (Phi) is 5.10. The first kappa shape index (κ1) is 19.5. The highest BCUT2D eigenvalue weighted by Gasteiger charge is 2.55. The number of carbonyl (C=O) groups excluding carboxylic acids is 2. The third-order valence-electron chi connectivity index (χ3n) is 5.77. The van der Waals surface area contributed by atoms with E-state index in [-0.39, 0.29) is 12.5 Å². The number of rotatable bonds is 4. The van der Waals surface area contributed by atoms with Gasteiger partial charge in [0.2, 0.25) is 5.91 Å². The summed E-state index contributed by atoms with van der Waals surface area (Å²) in [7, 11) is 1.47. The summed E-state index contributed by atoms with van der Waals surface area (Å²) in [5, 5.41) is 3.01. The van der Waals surface area contributed by atoms with E-state index < -0.39 is 29.6 Å². The minimum atomic E-state index is -4.57. The zero-order valence-electron chi connectivity index (χ0n) is 15.3. The molecule has 0 radical (unpaired) electrons. The van der Waals surface area contributed by atoms with Gasteiger partial charge < -0.3 is 15.0 Å². The van der Waals surface area contributed by atoms with Gasteiger partial charge in [0, 0.05) is 6.54 Å². The predicted octanol–water partition coefficient (Wildman–Crippen LogP) is 3.15. The zero-order valence-corrected chi connectivity index (χ0v) is 15.3. The Morgan fingerprint density at radius 2 is 2.00 bits per heavy atom. The van der Waals surface area contributed by atoms with Crippen molar-refractivity contribution in [3.05, 3.63) is 29.8 Å². The minimum Gasteiger partial charge on any atom is -0.496 e. The van der Waals surface area contributed by atoms with Crippen LogP contribution in [0.5, 0.6) is 5.75 Å². The second kappa shape index (κ2) is 7.05. The predicted molar refractivity (Wildman–Crippen MR) is 92.4 cm³/mol. The average Bonchev–Trinajstić information content (AvgIpc) is 3.17. The van der Waals surface area contributed by atoms with Crippen LogP contribution >= 0.6 is 0 Å². The van der Waals surface area contributed by atoms with Crippen molar-refractivity contribution in [3.63, 3.8) is 0 Å². The molecule has 2 fully saturated rings. The number of likely N-dealkylation sites (tertiary alicyclic amines) is 1. The van der Waals surface area contributed by atoms with Gasteiger partial charge in [0.1, 0.15) is 11.7 Å². The van der Waals surface area contributed by atoms with Gasteiger partial charge in [-0.1, -0.05) is 12.1 Å². The lowest BCUT2D eigenvalue weighted by molar-refractivity contribution is -0.186. The van der Waals surface area contributed by atoms with Crippen LogP contribution in [0.15, 0.2) is 24.3 Å². The molecule has 0 bridgehead atoms. The number of carbonyl (C=O) groups is 2. The molecule has 1 saturated heterocycles. The first-order valence-electron chi connectivity index (χ1n) is 9.02. The molecule has 1 heterocycles. The summed E-state index contributed by atoms with van der Waals surface area (Å²) >= 11 is 0. The molecule has 1 aromatic carbocycles. The molecule has 2 aliphatic rings. The fourth-order valence-electron chi connectivity index (χ4n) is 4.26. The number of amides is 2. The van der Waals surface area contributed by atoms with Gasteiger partial charge in [0.05, 0.1) is 24.3 Å². The van der Waals surface area contributed by atoms with Crippen LogP contribution in [0.2, 0.25) is 0 Å². The van der Waals surface area contributed by atoms with Gasteiger partial charge in [0.25, 0.3) is 5.91 Å². The summed E-state index contributed by atoms with van der Waals surface area (Å²) in [6, 6.07) is 6.37. The molecule has 148 valence electrons. The number of nitrogens with one attached hydrogen (secondary N) is 1. The molecule has 3 unspecified atom stereocenters. The number of methoxy groups -OCH3 is 1. The van der Waals surface area contributed by atoms with E-state index in [1.54, 1.807) is 24.3 Å². The van der Waals surface area contributed by atoms with Crippen molar-refractivity contribution in [1.29, 1.82) is 0 Å². The zero-order chi connectivity index (χ0) is 19.8. The van der Waals surface area contributed by atoms with Gasteiger partial charge in [-0.15, -0.1) is 0 Å². The van der Waals surface area contributed by atoms with Crippen LogP contribution in [-0.2, 0) is 4.79 Å². The number of hydrogen-bond donors (Lipinski definition) is 1. The highest BCUT2D eigenvalue weighted by Crippen LogP contribution is 2.43. The Balaban J connectivity index is 1.80. The maximum atomic E-state index is 13.0. The van der Waals surface area contributed by atoms with Gasteiger partial charge in [-0.25, -0.2) is 0 Å². The van der Waals surface area contributed by atoms with Crippen LogP contribution in [0.3, 0.4) is 0 Å². The van der Waals surface area contributed by atoms with Crippen molar-refractivity contribution < 1.29 is 27.5 Å². The number of ether oxygens (including phenoxy) is 1. The van der Waals surface area contributed by atoms with Crippen molar-refractivity contribution in [2.24, 2.45) is 5.92 Å². The van der Waals surface area contributed by atoms with E-state index in [0.717, 1.165) is 13.3 Å². The first-order valence-corrected chi connectivity index (χ1v) is 9.02. The van der Waals surface area contributed by atoms with Crippen molar-refractivity contribution in [3.8, 4) is 5.75 Å². The van der Waals surface area contributed by atoms with Crippen LogP contribution in [-0.4, -0.2) is 48.1 Å². The van der Waals surface area contributed by atoms with Gasteiger partial charge in [-0.3, -0.25) is 9.59 Å². The van der Waals surface area contributed by atoms with Crippen molar-refractivity contribution in [1.82, 2.24) is 10.2 Å². The van der Waals surface area contributed by atoms with Crippen molar-refractivity contribution in [2.75, 3.05) is 13.7 Å². The fourth-order valence-corrected chi connectivity index (χ4v) is 4.26. The molecule has 1 N–H and O–H groups in total. The molecular weight excluding hydrogens is 361 g/mol. The maximum Gasteiger partial charge on any atom is 0.400 e. The molecule has 2 amide bonds. The van der Waals surface area contributed by atoms with E-state index in [9.17, 15) is 22.8 Å². The Morgan fingerprint density at radius 3 is 2.67 bits per heavy atom. The molecule has 0 aromatic heterocycles. The Bertz CT molecular complexity index is 737. The van der Waals surface area contributed by atoms with E-state index in [1.807, 2.05) is 0 Å². The topological polar surface area (TPSA) is 58.6 Å². The van der Waals surface area contributed by atoms with Crippen LogP contribution in [0.4, 0.5) is 13.2 Å². The van der Waals surface area contributed by atoms with E-state index in [4.69, 9.17) is 4.74 Å². The van der Waals surface area contributed by atoms with Crippen LogP contribution in [0.1, 0.15) is 43.0 Å². The molecule has 0 spiro atoms. The number of benzene rings is 1. The van der Waals surface area contributed by atoms with Crippen molar-refractivity contribution in [2.45, 2.75) is 50.4 Å². The number of alkyl halides is 3.